The van der Waals surface area contributed by atoms with E-state index in [1.807, 2.05) is 30.3 Å². The van der Waals surface area contributed by atoms with Gasteiger partial charge in [0.15, 0.2) is 5.65 Å². The Morgan fingerprint density at radius 1 is 1.11 bits per heavy atom. The topological polar surface area (TPSA) is 59.8 Å². The number of halogens is 1. The average Bonchev–Trinajstić information content (AvgIpc) is 3.09. The van der Waals surface area contributed by atoms with Gasteiger partial charge in [-0.25, -0.2) is 14.4 Å². The Balaban J connectivity index is 1.69. The zero-order chi connectivity index (χ0) is 19.5. The van der Waals surface area contributed by atoms with Crippen LogP contribution in [0.1, 0.15) is 23.7 Å². The molecule has 0 saturated heterocycles. The zero-order valence-corrected chi connectivity index (χ0v) is 15.4. The molecule has 2 heterocycles. The molecule has 28 heavy (non-hydrogen) atoms. The first-order valence-corrected chi connectivity index (χ1v) is 9.14. The van der Waals surface area contributed by atoms with Crippen molar-refractivity contribution in [1.29, 1.82) is 0 Å². The van der Waals surface area contributed by atoms with Crippen molar-refractivity contribution in [2.24, 2.45) is 0 Å². The molecule has 0 fully saturated rings. The first-order valence-electron chi connectivity index (χ1n) is 9.14. The molecule has 0 saturated carbocycles. The number of hydrogen-bond acceptors (Lipinski definition) is 3. The average molecular weight is 374 g/mol. The number of anilines is 1. The lowest BCUT2D eigenvalue weighted by atomic mass is 10.1. The summed E-state index contributed by atoms with van der Waals surface area (Å²) in [5.74, 6) is 0.181. The van der Waals surface area contributed by atoms with Gasteiger partial charge in [0.05, 0.1) is 0 Å². The smallest absolute Gasteiger partial charge is 0.255 e. The summed E-state index contributed by atoms with van der Waals surface area (Å²) >= 11 is 0. The number of aryl methyl sites for hydroxylation is 1. The number of nitrogens with one attached hydrogen (secondary N) is 1. The van der Waals surface area contributed by atoms with Crippen molar-refractivity contribution in [3.8, 4) is 11.4 Å². The number of imidazole rings is 1. The van der Waals surface area contributed by atoms with Gasteiger partial charge in [-0.15, -0.1) is 0 Å². The number of benzene rings is 2. The highest BCUT2D eigenvalue weighted by Crippen LogP contribution is 2.25. The van der Waals surface area contributed by atoms with Crippen LogP contribution in [-0.2, 0) is 6.54 Å². The van der Waals surface area contributed by atoms with Crippen LogP contribution in [0.15, 0.2) is 66.9 Å². The van der Waals surface area contributed by atoms with Crippen molar-refractivity contribution in [2.45, 2.75) is 19.9 Å². The van der Waals surface area contributed by atoms with E-state index in [4.69, 9.17) is 4.98 Å². The second-order valence-corrected chi connectivity index (χ2v) is 6.48. The predicted octanol–water partition coefficient (Wildman–Crippen LogP) is 4.90. The maximum atomic E-state index is 13.0. The molecule has 140 valence electrons. The van der Waals surface area contributed by atoms with Gasteiger partial charge in [0.2, 0.25) is 0 Å². The highest BCUT2D eigenvalue weighted by Gasteiger charge is 2.15. The fourth-order valence-corrected chi connectivity index (χ4v) is 3.15. The largest absolute Gasteiger partial charge is 0.322 e. The van der Waals surface area contributed by atoms with Gasteiger partial charge in [-0.3, -0.25) is 4.79 Å². The Kier molecular flexibility index (Phi) is 4.85. The van der Waals surface area contributed by atoms with Gasteiger partial charge in [-0.05, 0) is 55.0 Å². The molecule has 0 aliphatic rings. The summed E-state index contributed by atoms with van der Waals surface area (Å²) < 4.78 is 15.1. The number of aromatic nitrogens is 3. The van der Waals surface area contributed by atoms with E-state index in [0.29, 0.717) is 11.3 Å². The third kappa shape index (κ3) is 3.49. The molecule has 6 heteroatoms. The molecular formula is C22H19FN4O. The molecule has 2 aromatic heterocycles. The summed E-state index contributed by atoms with van der Waals surface area (Å²) in [7, 11) is 0. The molecule has 1 amide bonds. The number of nitrogens with zero attached hydrogens (tertiary/aromatic N) is 3. The van der Waals surface area contributed by atoms with Crippen LogP contribution in [0.2, 0.25) is 0 Å². The highest BCUT2D eigenvalue weighted by atomic mass is 19.1. The third-order valence-corrected chi connectivity index (χ3v) is 4.44. The lowest BCUT2D eigenvalue weighted by Crippen LogP contribution is -2.12. The number of hydrogen-bond donors (Lipinski definition) is 1. The van der Waals surface area contributed by atoms with E-state index < -0.39 is 0 Å². The number of carbonyl (C=O) groups is 1. The van der Waals surface area contributed by atoms with Crippen molar-refractivity contribution in [1.82, 2.24) is 14.5 Å². The van der Waals surface area contributed by atoms with E-state index in [9.17, 15) is 9.18 Å². The van der Waals surface area contributed by atoms with Crippen LogP contribution in [-0.4, -0.2) is 20.4 Å². The molecule has 0 bridgehead atoms. The van der Waals surface area contributed by atoms with Gasteiger partial charge < -0.3 is 9.88 Å². The Hall–Kier alpha value is -3.54. The van der Waals surface area contributed by atoms with E-state index in [0.717, 1.165) is 35.5 Å². The van der Waals surface area contributed by atoms with Crippen LogP contribution in [0.4, 0.5) is 10.1 Å². The van der Waals surface area contributed by atoms with Crippen LogP contribution in [0.5, 0.6) is 0 Å². The Morgan fingerprint density at radius 2 is 1.93 bits per heavy atom. The molecular weight excluding hydrogens is 355 g/mol. The molecule has 4 aromatic rings. The first kappa shape index (κ1) is 17.9. The first-order chi connectivity index (χ1) is 13.7. The van der Waals surface area contributed by atoms with Crippen molar-refractivity contribution in [2.75, 3.05) is 5.32 Å². The van der Waals surface area contributed by atoms with E-state index in [-0.39, 0.29) is 11.7 Å². The van der Waals surface area contributed by atoms with Crippen molar-refractivity contribution in [3.63, 3.8) is 0 Å². The number of amides is 1. The highest BCUT2D eigenvalue weighted by molar-refractivity contribution is 6.04. The van der Waals surface area contributed by atoms with Crippen LogP contribution in [0, 0.1) is 5.82 Å². The van der Waals surface area contributed by atoms with E-state index in [1.165, 1.54) is 24.3 Å². The van der Waals surface area contributed by atoms with Gasteiger partial charge in [0.1, 0.15) is 17.2 Å². The lowest BCUT2D eigenvalue weighted by molar-refractivity contribution is 0.102. The number of pyridine rings is 1. The Morgan fingerprint density at radius 3 is 2.71 bits per heavy atom. The molecule has 0 radical (unpaired) electrons. The third-order valence-electron chi connectivity index (χ3n) is 4.44. The molecule has 0 aliphatic carbocycles. The van der Waals surface area contributed by atoms with Gasteiger partial charge >= 0.3 is 0 Å². The van der Waals surface area contributed by atoms with E-state index >= 15 is 0 Å². The second kappa shape index (κ2) is 7.60. The Labute approximate surface area is 161 Å². The van der Waals surface area contributed by atoms with E-state index in [2.05, 4.69) is 21.8 Å². The predicted molar refractivity (Wildman–Crippen MR) is 108 cm³/mol. The number of rotatable bonds is 5. The summed E-state index contributed by atoms with van der Waals surface area (Å²) in [4.78, 5) is 21.8. The van der Waals surface area contributed by atoms with Crippen LogP contribution in [0.25, 0.3) is 22.6 Å². The molecule has 0 aliphatic heterocycles. The standard InChI is InChI=1S/C22H19FN4O/c1-2-13-27-20(26-19-7-4-12-24-21(19)27)15-5-3-6-16(14-15)22(28)25-18-10-8-17(23)9-11-18/h3-12,14H,2,13H2,1H3,(H,25,28). The maximum absolute atomic E-state index is 13.0. The zero-order valence-electron chi connectivity index (χ0n) is 15.4. The summed E-state index contributed by atoms with van der Waals surface area (Å²) in [5, 5.41) is 2.79. The molecule has 0 unspecified atom stereocenters. The summed E-state index contributed by atoms with van der Waals surface area (Å²) in [6.07, 6.45) is 2.70. The van der Waals surface area contributed by atoms with Crippen LogP contribution >= 0.6 is 0 Å². The molecule has 1 N–H and O–H groups in total. The van der Waals surface area contributed by atoms with Crippen molar-refractivity contribution < 1.29 is 9.18 Å². The van der Waals surface area contributed by atoms with Gasteiger partial charge in [-0.1, -0.05) is 19.1 Å². The molecule has 0 atom stereocenters. The minimum absolute atomic E-state index is 0.260. The molecule has 2 aromatic carbocycles. The minimum atomic E-state index is -0.344. The lowest BCUT2D eigenvalue weighted by Gasteiger charge is -2.09. The molecule has 0 spiro atoms. The van der Waals surface area contributed by atoms with Crippen LogP contribution < -0.4 is 5.32 Å². The quantitative estimate of drug-likeness (QED) is 0.540. The fourth-order valence-electron chi connectivity index (χ4n) is 3.15. The molecule has 5 nitrogen and oxygen atoms in total. The van der Waals surface area contributed by atoms with Gasteiger partial charge in [-0.2, -0.15) is 0 Å². The number of fused-ring (bicyclic) bond motifs is 1. The summed E-state index contributed by atoms with van der Waals surface area (Å²) in [6.45, 7) is 2.89. The SMILES string of the molecule is CCCn1c(-c2cccc(C(=O)Nc3ccc(F)cc3)c2)nc2cccnc21. The summed E-state index contributed by atoms with van der Waals surface area (Å²) in [6, 6.07) is 16.8. The normalized spacial score (nSPS) is 10.9. The van der Waals surface area contributed by atoms with Crippen molar-refractivity contribution >= 4 is 22.8 Å². The molecule has 4 rings (SSSR count). The monoisotopic (exact) mass is 374 g/mol. The van der Waals surface area contributed by atoms with Gasteiger partial charge in [0.25, 0.3) is 5.91 Å². The van der Waals surface area contributed by atoms with Crippen LogP contribution in [0.3, 0.4) is 0 Å². The fraction of sp³-hybridized carbons (Fsp3) is 0.136. The van der Waals surface area contributed by atoms with Gasteiger partial charge in [0, 0.05) is 29.6 Å². The maximum Gasteiger partial charge on any atom is 0.255 e. The number of carbonyl (C=O) groups excluding carboxylic acids is 1. The van der Waals surface area contributed by atoms with Crippen molar-refractivity contribution in [3.05, 3.63) is 78.2 Å². The Bertz CT molecular complexity index is 1130. The minimum Gasteiger partial charge on any atom is -0.322 e. The summed E-state index contributed by atoms with van der Waals surface area (Å²) in [5.41, 5.74) is 3.55. The van der Waals surface area contributed by atoms with E-state index in [1.54, 1.807) is 12.3 Å². The second-order valence-electron chi connectivity index (χ2n) is 6.48.